The molecule has 2 aromatic heterocycles. The molecule has 0 bridgehead atoms. The van der Waals surface area contributed by atoms with E-state index < -0.39 is 5.41 Å². The predicted octanol–water partition coefficient (Wildman–Crippen LogP) is 2.89. The number of benzene rings is 1. The molecule has 1 amide bonds. The SMILES string of the molecule is Cc1[nH]c2ccccc2c1C(C)(C)C(=O)N1CCN(c2ncccn2)CC1. The predicted molar refractivity (Wildman–Crippen MR) is 107 cm³/mol. The van der Waals surface area contributed by atoms with Crippen molar-refractivity contribution in [2.75, 3.05) is 31.1 Å². The summed E-state index contributed by atoms with van der Waals surface area (Å²) in [6, 6.07) is 10.0. The summed E-state index contributed by atoms with van der Waals surface area (Å²) in [6.45, 7) is 8.98. The van der Waals surface area contributed by atoms with Crippen LogP contribution in [-0.2, 0) is 10.2 Å². The van der Waals surface area contributed by atoms with Crippen molar-refractivity contribution < 1.29 is 4.79 Å². The van der Waals surface area contributed by atoms with E-state index in [4.69, 9.17) is 0 Å². The Morgan fingerprint density at radius 1 is 1.04 bits per heavy atom. The van der Waals surface area contributed by atoms with Crippen molar-refractivity contribution in [3.8, 4) is 0 Å². The second kappa shape index (κ2) is 6.68. The van der Waals surface area contributed by atoms with Gasteiger partial charge in [0.05, 0.1) is 5.41 Å². The zero-order chi connectivity index (χ0) is 19.0. The van der Waals surface area contributed by atoms with Gasteiger partial charge in [0.2, 0.25) is 11.9 Å². The van der Waals surface area contributed by atoms with E-state index in [1.54, 1.807) is 12.4 Å². The molecule has 1 aromatic carbocycles. The van der Waals surface area contributed by atoms with Crippen molar-refractivity contribution >= 4 is 22.8 Å². The third-order valence-corrected chi connectivity index (χ3v) is 5.46. The van der Waals surface area contributed by atoms with Crippen LogP contribution in [-0.4, -0.2) is 51.9 Å². The zero-order valence-corrected chi connectivity index (χ0v) is 16.1. The fourth-order valence-corrected chi connectivity index (χ4v) is 4.15. The van der Waals surface area contributed by atoms with Gasteiger partial charge in [0.15, 0.2) is 0 Å². The summed E-state index contributed by atoms with van der Waals surface area (Å²) in [5, 5.41) is 1.13. The van der Waals surface area contributed by atoms with Gasteiger partial charge in [0.25, 0.3) is 0 Å². The first-order valence-electron chi connectivity index (χ1n) is 9.37. The van der Waals surface area contributed by atoms with Crippen molar-refractivity contribution in [2.24, 2.45) is 0 Å². The molecule has 1 N–H and O–H groups in total. The van der Waals surface area contributed by atoms with Gasteiger partial charge < -0.3 is 14.8 Å². The highest BCUT2D eigenvalue weighted by atomic mass is 16.2. The average Bonchev–Trinajstić information content (AvgIpc) is 3.04. The van der Waals surface area contributed by atoms with Gasteiger partial charge in [0.1, 0.15) is 0 Å². The highest BCUT2D eigenvalue weighted by Crippen LogP contribution is 2.35. The van der Waals surface area contributed by atoms with Crippen LogP contribution < -0.4 is 4.90 Å². The lowest BCUT2D eigenvalue weighted by Gasteiger charge is -2.38. The maximum Gasteiger partial charge on any atom is 0.232 e. The monoisotopic (exact) mass is 363 g/mol. The molecule has 6 heteroatoms. The maximum absolute atomic E-state index is 13.4. The smallest absolute Gasteiger partial charge is 0.232 e. The van der Waals surface area contributed by atoms with Crippen molar-refractivity contribution in [2.45, 2.75) is 26.2 Å². The first-order valence-corrected chi connectivity index (χ1v) is 9.37. The molecule has 3 aromatic rings. The molecular formula is C21H25N5O. The van der Waals surface area contributed by atoms with Gasteiger partial charge >= 0.3 is 0 Å². The number of rotatable bonds is 3. The number of aromatic amines is 1. The van der Waals surface area contributed by atoms with Gasteiger partial charge in [-0.15, -0.1) is 0 Å². The van der Waals surface area contributed by atoms with Crippen molar-refractivity contribution in [3.63, 3.8) is 0 Å². The molecule has 1 saturated heterocycles. The van der Waals surface area contributed by atoms with Crippen LogP contribution in [0.5, 0.6) is 0 Å². The van der Waals surface area contributed by atoms with Crippen LogP contribution in [0.3, 0.4) is 0 Å². The number of para-hydroxylation sites is 1. The number of nitrogens with one attached hydrogen (secondary N) is 1. The summed E-state index contributed by atoms with van der Waals surface area (Å²) in [5.74, 6) is 0.903. The third-order valence-electron chi connectivity index (χ3n) is 5.46. The van der Waals surface area contributed by atoms with Crippen molar-refractivity contribution in [1.29, 1.82) is 0 Å². The van der Waals surface area contributed by atoms with E-state index in [1.165, 1.54) is 0 Å². The molecule has 6 nitrogen and oxygen atoms in total. The quantitative estimate of drug-likeness (QED) is 0.777. The molecule has 1 aliphatic rings. The lowest BCUT2D eigenvalue weighted by atomic mass is 9.81. The maximum atomic E-state index is 13.4. The van der Waals surface area contributed by atoms with Gasteiger partial charge in [-0.3, -0.25) is 4.79 Å². The summed E-state index contributed by atoms with van der Waals surface area (Å²) < 4.78 is 0. The van der Waals surface area contributed by atoms with E-state index in [1.807, 2.05) is 36.9 Å². The second-order valence-electron chi connectivity index (χ2n) is 7.62. The Morgan fingerprint density at radius 2 is 1.70 bits per heavy atom. The molecule has 0 saturated carbocycles. The van der Waals surface area contributed by atoms with Gasteiger partial charge in [0, 0.05) is 55.2 Å². The van der Waals surface area contributed by atoms with E-state index in [2.05, 4.69) is 38.9 Å². The normalized spacial score (nSPS) is 15.4. The molecule has 0 spiro atoms. The van der Waals surface area contributed by atoms with Crippen LogP contribution in [0.4, 0.5) is 5.95 Å². The van der Waals surface area contributed by atoms with E-state index in [9.17, 15) is 4.79 Å². The van der Waals surface area contributed by atoms with Crippen molar-refractivity contribution in [3.05, 3.63) is 54.0 Å². The standard InChI is InChI=1S/C21H25N5O/c1-15-18(16-7-4-5-8-17(16)24-15)21(2,3)19(27)25-11-13-26(14-12-25)20-22-9-6-10-23-20/h4-10,24H,11-14H2,1-3H3. The van der Waals surface area contributed by atoms with Gasteiger partial charge in [-0.2, -0.15) is 0 Å². The summed E-state index contributed by atoms with van der Waals surface area (Å²) in [6.07, 6.45) is 3.51. The van der Waals surface area contributed by atoms with Crippen LogP contribution in [0.2, 0.25) is 0 Å². The number of fused-ring (bicyclic) bond motifs is 1. The number of hydrogen-bond acceptors (Lipinski definition) is 4. The van der Waals surface area contributed by atoms with E-state index in [-0.39, 0.29) is 5.91 Å². The minimum Gasteiger partial charge on any atom is -0.358 e. The summed E-state index contributed by atoms with van der Waals surface area (Å²) in [4.78, 5) is 29.6. The molecule has 0 atom stereocenters. The Kier molecular flexibility index (Phi) is 4.34. The molecule has 3 heterocycles. The van der Waals surface area contributed by atoms with E-state index in [0.717, 1.165) is 41.2 Å². The van der Waals surface area contributed by atoms with Crippen molar-refractivity contribution in [1.82, 2.24) is 19.9 Å². The number of carbonyl (C=O) groups excluding carboxylic acids is 1. The number of carbonyl (C=O) groups is 1. The molecule has 1 aliphatic heterocycles. The highest BCUT2D eigenvalue weighted by molar-refractivity contribution is 5.95. The lowest BCUT2D eigenvalue weighted by Crippen LogP contribution is -2.53. The van der Waals surface area contributed by atoms with Gasteiger partial charge in [-0.1, -0.05) is 18.2 Å². The van der Waals surface area contributed by atoms with Crippen LogP contribution in [0.1, 0.15) is 25.1 Å². The molecule has 0 unspecified atom stereocenters. The minimum absolute atomic E-state index is 0.170. The number of nitrogens with zero attached hydrogens (tertiary/aromatic N) is 4. The van der Waals surface area contributed by atoms with Crippen LogP contribution in [0, 0.1) is 6.92 Å². The number of anilines is 1. The Hall–Kier alpha value is -2.89. The van der Waals surface area contributed by atoms with Gasteiger partial charge in [-0.25, -0.2) is 9.97 Å². The Balaban J connectivity index is 1.55. The Bertz CT molecular complexity index is 955. The lowest BCUT2D eigenvalue weighted by molar-refractivity contribution is -0.136. The topological polar surface area (TPSA) is 65.1 Å². The van der Waals surface area contributed by atoms with Crippen LogP contribution in [0.25, 0.3) is 10.9 Å². The molecule has 27 heavy (non-hydrogen) atoms. The second-order valence-corrected chi connectivity index (χ2v) is 7.62. The molecular weight excluding hydrogens is 338 g/mol. The summed E-state index contributed by atoms with van der Waals surface area (Å²) in [7, 11) is 0. The molecule has 0 radical (unpaired) electrons. The third kappa shape index (κ3) is 3.05. The highest BCUT2D eigenvalue weighted by Gasteiger charge is 2.38. The number of aryl methyl sites for hydroxylation is 1. The van der Waals surface area contributed by atoms with Crippen LogP contribution in [0.15, 0.2) is 42.7 Å². The number of hydrogen-bond donors (Lipinski definition) is 1. The fourth-order valence-electron chi connectivity index (χ4n) is 4.15. The molecule has 4 rings (SSSR count). The average molecular weight is 363 g/mol. The molecule has 1 fully saturated rings. The number of amides is 1. The summed E-state index contributed by atoms with van der Waals surface area (Å²) in [5.41, 5.74) is 2.65. The Morgan fingerprint density at radius 3 is 2.41 bits per heavy atom. The van der Waals surface area contributed by atoms with Crippen LogP contribution >= 0.6 is 0 Å². The number of aromatic nitrogens is 3. The van der Waals surface area contributed by atoms with E-state index >= 15 is 0 Å². The molecule has 140 valence electrons. The van der Waals surface area contributed by atoms with Gasteiger partial charge in [-0.05, 0) is 38.5 Å². The summed E-state index contributed by atoms with van der Waals surface area (Å²) >= 11 is 0. The fraction of sp³-hybridized carbons (Fsp3) is 0.381. The van der Waals surface area contributed by atoms with E-state index in [0.29, 0.717) is 13.1 Å². The first kappa shape index (κ1) is 17.5. The Labute approximate surface area is 159 Å². The first-order chi connectivity index (χ1) is 13.0. The number of H-pyrrole nitrogens is 1. The largest absolute Gasteiger partial charge is 0.358 e. The zero-order valence-electron chi connectivity index (χ0n) is 16.1. The number of piperazine rings is 1. The molecule has 0 aliphatic carbocycles. The minimum atomic E-state index is -0.588.